The molecule has 0 fully saturated rings. The van der Waals surface area contributed by atoms with Gasteiger partial charge in [0.15, 0.2) is 0 Å². The van der Waals surface area contributed by atoms with Gasteiger partial charge in [-0.2, -0.15) is 0 Å². The SMILES string of the molecule is CC[NH+](CC)CC.O.O=[N+]([O-])[O-].[O-2].[O-2].[O-]c1ccccc1OCCOCCOCCOc1ccccc1[O-].[U]. The Morgan fingerprint density at radius 2 is 0.949 bits per heavy atom. The fourth-order valence-corrected chi connectivity index (χ4v) is 2.63. The van der Waals surface area contributed by atoms with Crippen molar-refractivity contribution in [3.63, 3.8) is 0 Å². The van der Waals surface area contributed by atoms with Crippen molar-refractivity contribution in [2.24, 2.45) is 0 Å². The third-order valence-electron chi connectivity index (χ3n) is 4.54. The van der Waals surface area contributed by atoms with Crippen LogP contribution in [0.15, 0.2) is 48.5 Å². The molecule has 0 saturated carbocycles. The molecule has 2 aromatic carbocycles. The van der Waals surface area contributed by atoms with Gasteiger partial charge in [-0.1, -0.05) is 47.9 Å². The number of nitrogens with one attached hydrogen (secondary N) is 1. The van der Waals surface area contributed by atoms with Gasteiger partial charge in [-0.25, -0.2) is 0 Å². The molecule has 3 N–H and O–H groups in total. The molecule has 226 valence electrons. The van der Waals surface area contributed by atoms with Crippen molar-refractivity contribution in [2.75, 3.05) is 59.3 Å². The molecular weight excluding hydrogens is 746 g/mol. The van der Waals surface area contributed by atoms with Gasteiger partial charge in [0.1, 0.15) is 24.7 Å². The van der Waals surface area contributed by atoms with Crippen molar-refractivity contribution < 1.29 is 86.7 Å². The topological polar surface area (TPSA) is 242 Å². The number of para-hydroxylation sites is 4. The summed E-state index contributed by atoms with van der Waals surface area (Å²) in [6, 6.07) is 13.0. The standard InChI is InChI=1S/C18H22O6.C6H15N.NO3.H2O.2O.U/c19-15-5-1-3-7-17(15)23-13-11-21-9-10-22-12-14-24-18-8-4-2-6-16(18)20;1-4-7(5-2)6-3;2-1(3)4;;;;/h1-8,19-20H,9-14H2;4-6H2,1-3H3;;1H2;;;/q;;-1;;2*-2;/p-1. The van der Waals surface area contributed by atoms with Gasteiger partial charge in [0, 0.05) is 31.1 Å². The Morgan fingerprint density at radius 3 is 1.21 bits per heavy atom. The van der Waals surface area contributed by atoms with Crippen LogP contribution in [0.3, 0.4) is 0 Å². The summed E-state index contributed by atoms with van der Waals surface area (Å²) < 4.78 is 21.3. The molecule has 0 atom stereocenters. The van der Waals surface area contributed by atoms with E-state index in [4.69, 9.17) is 34.3 Å². The van der Waals surface area contributed by atoms with Gasteiger partial charge in [0.25, 0.3) is 0 Å². The molecule has 0 saturated heterocycles. The summed E-state index contributed by atoms with van der Waals surface area (Å²) in [5.74, 6) is 0.377. The van der Waals surface area contributed by atoms with Crippen molar-refractivity contribution in [1.82, 2.24) is 0 Å². The number of quaternary nitrogens is 1. The molecule has 0 aliphatic rings. The Morgan fingerprint density at radius 1 is 0.667 bits per heavy atom. The van der Waals surface area contributed by atoms with Gasteiger partial charge >= 0.3 is 0 Å². The van der Waals surface area contributed by atoms with E-state index in [1.54, 1.807) is 41.3 Å². The zero-order chi connectivity index (χ0) is 26.3. The van der Waals surface area contributed by atoms with Gasteiger partial charge in [-0.15, -0.1) is 0 Å². The van der Waals surface area contributed by atoms with E-state index in [9.17, 15) is 10.2 Å². The molecule has 0 aliphatic carbocycles. The molecule has 39 heavy (non-hydrogen) atoms. The number of nitrogens with zero attached hydrogens (tertiary/aromatic N) is 1. The first kappa shape index (κ1) is 46.5. The monoisotopic (exact) mass is 784 g/mol. The summed E-state index contributed by atoms with van der Waals surface area (Å²) in [7, 11) is 0. The fourth-order valence-electron chi connectivity index (χ4n) is 2.63. The van der Waals surface area contributed by atoms with E-state index in [0.29, 0.717) is 51.1 Å². The zero-order valence-electron chi connectivity index (χ0n) is 22.4. The maximum Gasteiger partial charge on any atom is 0.111 e. The Balaban J connectivity index is -0.000000220. The smallest absolute Gasteiger partial charge is 0.111 e. The number of benzene rings is 2. The van der Waals surface area contributed by atoms with Crippen LogP contribution in [0, 0.1) is 46.4 Å². The van der Waals surface area contributed by atoms with E-state index in [1.165, 1.54) is 31.8 Å². The minimum atomic E-state index is -1.75. The quantitative estimate of drug-likeness (QED) is 0.153. The normalized spacial score (nSPS) is 8.92. The minimum Gasteiger partial charge on any atom is -2.00 e. The molecule has 2 aromatic rings. The van der Waals surface area contributed by atoms with E-state index in [2.05, 4.69) is 20.8 Å². The van der Waals surface area contributed by atoms with Crippen molar-refractivity contribution >= 4 is 0 Å². The second-order valence-electron chi connectivity index (χ2n) is 6.85. The second kappa shape index (κ2) is 31.9. The molecule has 0 unspecified atom stereocenters. The van der Waals surface area contributed by atoms with E-state index < -0.39 is 5.09 Å². The van der Waals surface area contributed by atoms with Crippen LogP contribution < -0.4 is 24.6 Å². The summed E-state index contributed by atoms with van der Waals surface area (Å²) in [6.45, 7) is 12.7. The van der Waals surface area contributed by atoms with Gasteiger partial charge < -0.3 is 65.8 Å². The maximum absolute atomic E-state index is 11.4. The number of ether oxygens (including phenoxy) is 4. The number of hydrogen-bond acceptors (Lipinski definition) is 9. The van der Waals surface area contributed by atoms with Crippen LogP contribution in [0.1, 0.15) is 20.8 Å². The predicted molar refractivity (Wildman–Crippen MR) is 132 cm³/mol. The van der Waals surface area contributed by atoms with Crippen LogP contribution in [0.5, 0.6) is 23.0 Å². The van der Waals surface area contributed by atoms with Gasteiger partial charge in [0.2, 0.25) is 0 Å². The Bertz CT molecular complexity index is 738. The van der Waals surface area contributed by atoms with Gasteiger partial charge in [-0.3, -0.25) is 0 Å². The molecule has 0 spiro atoms. The first-order valence-corrected chi connectivity index (χ1v) is 11.4. The first-order valence-electron chi connectivity index (χ1n) is 11.4. The van der Waals surface area contributed by atoms with Crippen LogP contribution in [0.4, 0.5) is 0 Å². The predicted octanol–water partition coefficient (Wildman–Crippen LogP) is -0.0456. The van der Waals surface area contributed by atoms with Crippen LogP contribution in [0.2, 0.25) is 0 Å². The van der Waals surface area contributed by atoms with Crippen LogP contribution in [0.25, 0.3) is 0 Å². The number of hydrogen-bond donors (Lipinski definition) is 1. The average Bonchev–Trinajstić information content (AvgIpc) is 2.83. The molecule has 0 aromatic heterocycles. The van der Waals surface area contributed by atoms with Crippen molar-refractivity contribution in [3.05, 3.63) is 63.9 Å². The van der Waals surface area contributed by atoms with Gasteiger partial charge in [-0.05, 0) is 32.9 Å². The summed E-state index contributed by atoms with van der Waals surface area (Å²) in [5, 5.41) is 37.5. The van der Waals surface area contributed by atoms with Crippen molar-refractivity contribution in [2.45, 2.75) is 20.8 Å². The molecule has 14 nitrogen and oxygen atoms in total. The Hall–Kier alpha value is -2.35. The van der Waals surface area contributed by atoms with E-state index in [1.807, 2.05) is 0 Å². The van der Waals surface area contributed by atoms with E-state index in [-0.39, 0.29) is 59.0 Å². The molecular formula is C24H38N2O12U-6. The second-order valence-corrected chi connectivity index (χ2v) is 6.85. The molecule has 0 aliphatic heterocycles. The summed E-state index contributed by atoms with van der Waals surface area (Å²) >= 11 is 0. The Labute approximate surface area is 252 Å². The molecule has 15 heteroatoms. The molecule has 2 rings (SSSR count). The summed E-state index contributed by atoms with van der Waals surface area (Å²) in [5.41, 5.74) is 0. The van der Waals surface area contributed by atoms with Crippen molar-refractivity contribution in [1.29, 1.82) is 0 Å². The third-order valence-corrected chi connectivity index (χ3v) is 4.54. The molecule has 0 radical (unpaired) electrons. The summed E-state index contributed by atoms with van der Waals surface area (Å²) in [4.78, 5) is 9.93. The fraction of sp³-hybridized carbons (Fsp3) is 0.500. The maximum atomic E-state index is 11.4. The molecule has 0 amide bonds. The van der Waals surface area contributed by atoms with Crippen LogP contribution in [-0.2, 0) is 20.4 Å². The third kappa shape index (κ3) is 27.0. The summed E-state index contributed by atoms with van der Waals surface area (Å²) in [6.07, 6.45) is 0. The van der Waals surface area contributed by atoms with E-state index >= 15 is 0 Å². The number of rotatable bonds is 14. The first-order chi connectivity index (χ1) is 16.8. The van der Waals surface area contributed by atoms with E-state index in [0.717, 1.165) is 0 Å². The largest absolute Gasteiger partial charge is 2.00 e. The Kier molecular flexibility index (Phi) is 38.0. The molecule has 0 heterocycles. The van der Waals surface area contributed by atoms with Gasteiger partial charge in [0.05, 0.1) is 51.1 Å². The van der Waals surface area contributed by atoms with Crippen LogP contribution in [-0.4, -0.2) is 69.8 Å². The molecule has 0 bridgehead atoms. The minimum absolute atomic E-state index is 0. The van der Waals surface area contributed by atoms with Crippen LogP contribution >= 0.6 is 0 Å². The average molecular weight is 785 g/mol. The zero-order valence-corrected chi connectivity index (χ0v) is 26.6. The van der Waals surface area contributed by atoms with Crippen molar-refractivity contribution in [3.8, 4) is 23.0 Å².